The topological polar surface area (TPSA) is 26.3 Å². The minimum Gasteiger partial charge on any atom is -0.469 e. The van der Waals surface area contributed by atoms with Crippen LogP contribution in [0.25, 0.3) is 0 Å². The van der Waals surface area contributed by atoms with Gasteiger partial charge in [-0.25, -0.2) is 0 Å². The molecule has 0 fully saturated rings. The van der Waals surface area contributed by atoms with E-state index in [1.54, 1.807) is 0 Å². The molecule has 0 rings (SSSR count). The molecule has 0 aromatic heterocycles. The molecule has 0 radical (unpaired) electrons. The molecule has 0 aliphatic rings. The minimum atomic E-state index is -0.107. The fourth-order valence-corrected chi connectivity index (χ4v) is 1.19. The van der Waals surface area contributed by atoms with E-state index < -0.39 is 0 Å². The fourth-order valence-electron chi connectivity index (χ4n) is 1.19. The summed E-state index contributed by atoms with van der Waals surface area (Å²) in [5.41, 5.74) is 0. The van der Waals surface area contributed by atoms with Crippen molar-refractivity contribution in [3.05, 3.63) is 24.3 Å². The minimum absolute atomic E-state index is 0.107. The third-order valence-electron chi connectivity index (χ3n) is 2.07. The summed E-state index contributed by atoms with van der Waals surface area (Å²) in [6, 6.07) is 0. The van der Waals surface area contributed by atoms with Crippen LogP contribution >= 0.6 is 0 Å². The normalized spacial score (nSPS) is 11.3. The van der Waals surface area contributed by atoms with E-state index in [1.807, 2.05) is 0 Å². The van der Waals surface area contributed by atoms with E-state index in [1.165, 1.54) is 7.11 Å². The molecule has 0 aromatic carbocycles. The zero-order valence-electron chi connectivity index (χ0n) is 9.87. The number of unbranched alkanes of at least 4 members (excludes halogenated alkanes) is 2. The molecular weight excluding hydrogens is 188 g/mol. The average Bonchev–Trinajstić information content (AvgIpc) is 2.26. The lowest BCUT2D eigenvalue weighted by Crippen LogP contribution is -1.98. The summed E-state index contributed by atoms with van der Waals surface area (Å²) >= 11 is 0. The third kappa shape index (κ3) is 10.9. The van der Waals surface area contributed by atoms with E-state index in [4.69, 9.17) is 0 Å². The Bertz CT molecular complexity index is 205. The second-order valence-corrected chi connectivity index (χ2v) is 3.41. The number of hydrogen-bond donors (Lipinski definition) is 0. The molecular formula is C13H22O2. The second kappa shape index (κ2) is 11.0. The van der Waals surface area contributed by atoms with Crippen molar-refractivity contribution < 1.29 is 9.53 Å². The molecule has 0 amide bonds. The number of esters is 1. The SMILES string of the molecule is CCC=CCC=CCCCCC(=O)OC. The zero-order chi connectivity index (χ0) is 11.4. The molecule has 2 nitrogen and oxygen atoms in total. The Balaban J connectivity index is 3.23. The summed E-state index contributed by atoms with van der Waals surface area (Å²) in [4.78, 5) is 10.8. The van der Waals surface area contributed by atoms with Gasteiger partial charge >= 0.3 is 5.97 Å². The maximum absolute atomic E-state index is 10.8. The molecule has 0 aliphatic carbocycles. The molecule has 0 N–H and O–H groups in total. The van der Waals surface area contributed by atoms with Crippen molar-refractivity contribution in [2.24, 2.45) is 0 Å². The van der Waals surface area contributed by atoms with Crippen LogP contribution in [0, 0.1) is 0 Å². The van der Waals surface area contributed by atoms with E-state index in [0.717, 1.165) is 32.1 Å². The van der Waals surface area contributed by atoms with Crippen LogP contribution in [0.1, 0.15) is 45.4 Å². The van der Waals surface area contributed by atoms with Gasteiger partial charge in [0, 0.05) is 6.42 Å². The quantitative estimate of drug-likeness (QED) is 0.347. The van der Waals surface area contributed by atoms with Gasteiger partial charge in [-0.3, -0.25) is 4.79 Å². The first kappa shape index (κ1) is 13.9. The van der Waals surface area contributed by atoms with Crippen molar-refractivity contribution in [1.29, 1.82) is 0 Å². The Morgan fingerprint density at radius 1 is 1.13 bits per heavy atom. The first-order valence-electron chi connectivity index (χ1n) is 5.68. The largest absolute Gasteiger partial charge is 0.469 e. The van der Waals surface area contributed by atoms with Crippen LogP contribution in [0.2, 0.25) is 0 Å². The van der Waals surface area contributed by atoms with Crippen molar-refractivity contribution in [2.75, 3.05) is 7.11 Å². The lowest BCUT2D eigenvalue weighted by molar-refractivity contribution is -0.140. The van der Waals surface area contributed by atoms with Gasteiger partial charge in [-0.05, 0) is 32.1 Å². The number of allylic oxidation sites excluding steroid dienone is 4. The molecule has 0 unspecified atom stereocenters. The Morgan fingerprint density at radius 3 is 2.53 bits per heavy atom. The summed E-state index contributed by atoms with van der Waals surface area (Å²) in [5.74, 6) is -0.107. The average molecular weight is 210 g/mol. The monoisotopic (exact) mass is 210 g/mol. The molecule has 0 bridgehead atoms. The van der Waals surface area contributed by atoms with Gasteiger partial charge in [0.15, 0.2) is 0 Å². The summed E-state index contributed by atoms with van der Waals surface area (Å²) in [7, 11) is 1.43. The van der Waals surface area contributed by atoms with Crippen molar-refractivity contribution in [1.82, 2.24) is 0 Å². The zero-order valence-corrected chi connectivity index (χ0v) is 9.87. The molecule has 0 spiro atoms. The Hall–Kier alpha value is -1.05. The van der Waals surface area contributed by atoms with Crippen LogP contribution in [-0.2, 0) is 9.53 Å². The van der Waals surface area contributed by atoms with Crippen LogP contribution < -0.4 is 0 Å². The lowest BCUT2D eigenvalue weighted by Gasteiger charge is -1.96. The number of methoxy groups -OCH3 is 1. The lowest BCUT2D eigenvalue weighted by atomic mass is 10.2. The number of ether oxygens (including phenoxy) is 1. The summed E-state index contributed by atoms with van der Waals surface area (Å²) in [5, 5.41) is 0. The molecule has 0 aliphatic heterocycles. The first-order chi connectivity index (χ1) is 7.31. The van der Waals surface area contributed by atoms with Gasteiger partial charge in [0.25, 0.3) is 0 Å². The molecule has 0 heterocycles. The highest BCUT2D eigenvalue weighted by Crippen LogP contribution is 2.02. The predicted molar refractivity (Wildman–Crippen MR) is 63.7 cm³/mol. The van der Waals surface area contributed by atoms with Gasteiger partial charge in [-0.1, -0.05) is 31.2 Å². The maximum atomic E-state index is 10.8. The number of carbonyl (C=O) groups is 1. The highest BCUT2D eigenvalue weighted by atomic mass is 16.5. The number of hydrogen-bond acceptors (Lipinski definition) is 2. The summed E-state index contributed by atoms with van der Waals surface area (Å²) in [6.07, 6.45) is 14.4. The van der Waals surface area contributed by atoms with Crippen molar-refractivity contribution in [2.45, 2.75) is 45.4 Å². The van der Waals surface area contributed by atoms with E-state index in [0.29, 0.717) is 6.42 Å². The molecule has 0 saturated carbocycles. The van der Waals surface area contributed by atoms with E-state index in [9.17, 15) is 4.79 Å². The van der Waals surface area contributed by atoms with Gasteiger partial charge in [-0.2, -0.15) is 0 Å². The third-order valence-corrected chi connectivity index (χ3v) is 2.07. The van der Waals surface area contributed by atoms with Gasteiger partial charge in [-0.15, -0.1) is 0 Å². The number of rotatable bonds is 8. The van der Waals surface area contributed by atoms with Gasteiger partial charge in [0.1, 0.15) is 0 Å². The van der Waals surface area contributed by atoms with E-state index >= 15 is 0 Å². The van der Waals surface area contributed by atoms with Crippen LogP contribution in [-0.4, -0.2) is 13.1 Å². The van der Waals surface area contributed by atoms with Crippen LogP contribution in [0.15, 0.2) is 24.3 Å². The van der Waals surface area contributed by atoms with Crippen molar-refractivity contribution in [3.8, 4) is 0 Å². The Morgan fingerprint density at radius 2 is 1.87 bits per heavy atom. The van der Waals surface area contributed by atoms with Gasteiger partial charge in [0.05, 0.1) is 7.11 Å². The molecule has 2 heteroatoms. The second-order valence-electron chi connectivity index (χ2n) is 3.41. The molecule has 0 saturated heterocycles. The fraction of sp³-hybridized carbons (Fsp3) is 0.615. The maximum Gasteiger partial charge on any atom is 0.305 e. The molecule has 86 valence electrons. The Kier molecular flexibility index (Phi) is 10.3. The van der Waals surface area contributed by atoms with Crippen molar-refractivity contribution >= 4 is 5.97 Å². The first-order valence-corrected chi connectivity index (χ1v) is 5.68. The summed E-state index contributed by atoms with van der Waals surface area (Å²) < 4.78 is 4.56. The summed E-state index contributed by atoms with van der Waals surface area (Å²) in [6.45, 7) is 2.13. The number of carbonyl (C=O) groups excluding carboxylic acids is 1. The molecule has 15 heavy (non-hydrogen) atoms. The van der Waals surface area contributed by atoms with Crippen LogP contribution in [0.3, 0.4) is 0 Å². The highest BCUT2D eigenvalue weighted by Gasteiger charge is 1.97. The van der Waals surface area contributed by atoms with E-state index in [-0.39, 0.29) is 5.97 Å². The van der Waals surface area contributed by atoms with Gasteiger partial charge in [0.2, 0.25) is 0 Å². The van der Waals surface area contributed by atoms with E-state index in [2.05, 4.69) is 36.0 Å². The standard InChI is InChI=1S/C13H22O2/c1-3-4-5-6-7-8-9-10-11-12-13(14)15-2/h4-5,7-8H,3,6,9-12H2,1-2H3. The Labute approximate surface area is 93.0 Å². The molecule has 0 aromatic rings. The van der Waals surface area contributed by atoms with Crippen LogP contribution in [0.4, 0.5) is 0 Å². The smallest absolute Gasteiger partial charge is 0.305 e. The molecule has 0 atom stereocenters. The van der Waals surface area contributed by atoms with Crippen molar-refractivity contribution in [3.63, 3.8) is 0 Å². The van der Waals surface area contributed by atoms with Crippen LogP contribution in [0.5, 0.6) is 0 Å². The van der Waals surface area contributed by atoms with Gasteiger partial charge < -0.3 is 4.74 Å². The predicted octanol–water partition coefficient (Wildman–Crippen LogP) is 3.63. The highest BCUT2D eigenvalue weighted by molar-refractivity contribution is 5.68.